The summed E-state index contributed by atoms with van der Waals surface area (Å²) in [6, 6.07) is 0. The van der Waals surface area contributed by atoms with Gasteiger partial charge in [0.05, 0.1) is 0 Å². The van der Waals surface area contributed by atoms with Crippen LogP contribution in [-0.2, 0) is 0 Å². The highest BCUT2D eigenvalue weighted by Gasteiger charge is 2.09. The molecule has 0 aromatic carbocycles. The van der Waals surface area contributed by atoms with E-state index >= 15 is 0 Å². The highest BCUT2D eigenvalue weighted by Crippen LogP contribution is 2.05. The fraction of sp³-hybridized carbons (Fsp3) is 0.571. The van der Waals surface area contributed by atoms with E-state index in [9.17, 15) is 0 Å². The summed E-state index contributed by atoms with van der Waals surface area (Å²) in [6.07, 6.45) is 8.81. The van der Waals surface area contributed by atoms with Crippen molar-refractivity contribution in [2.24, 2.45) is 0 Å². The van der Waals surface area contributed by atoms with Crippen molar-refractivity contribution < 1.29 is 0 Å². The maximum Gasteiger partial charge on any atom is 0.0334 e. The molecule has 0 amide bonds. The highest BCUT2D eigenvalue weighted by atomic mass is 15.1. The van der Waals surface area contributed by atoms with Gasteiger partial charge in [-0.25, -0.2) is 0 Å². The van der Waals surface area contributed by atoms with Gasteiger partial charge in [-0.05, 0) is 51.9 Å². The standard InChI is InChI=1S/C14H24N2/c1-4-14(8-7-13(2)3)15-9-12-16-10-5-6-11-16/h4,7-8,15H,1,5-6,9-12H2,2-3H3/b14-8+. The van der Waals surface area contributed by atoms with Gasteiger partial charge in [0.1, 0.15) is 0 Å². The Labute approximate surface area is 99.7 Å². The van der Waals surface area contributed by atoms with E-state index in [4.69, 9.17) is 0 Å². The van der Waals surface area contributed by atoms with Crippen molar-refractivity contribution in [2.45, 2.75) is 26.7 Å². The molecule has 0 aliphatic carbocycles. The molecule has 16 heavy (non-hydrogen) atoms. The van der Waals surface area contributed by atoms with E-state index in [2.05, 4.69) is 42.8 Å². The second-order valence-corrected chi connectivity index (χ2v) is 4.55. The molecule has 0 bridgehead atoms. The zero-order chi connectivity index (χ0) is 11.8. The summed E-state index contributed by atoms with van der Waals surface area (Å²) >= 11 is 0. The van der Waals surface area contributed by atoms with Gasteiger partial charge in [-0.2, -0.15) is 0 Å². The first-order valence-electron chi connectivity index (χ1n) is 6.16. The van der Waals surface area contributed by atoms with Gasteiger partial charge in [0.2, 0.25) is 0 Å². The third-order valence-electron chi connectivity index (χ3n) is 2.77. The molecule has 90 valence electrons. The summed E-state index contributed by atoms with van der Waals surface area (Å²) in [5.41, 5.74) is 2.42. The predicted octanol–water partition coefficient (Wildman–Crippen LogP) is 2.71. The van der Waals surface area contributed by atoms with E-state index < -0.39 is 0 Å². The number of nitrogens with zero attached hydrogens (tertiary/aromatic N) is 1. The van der Waals surface area contributed by atoms with Crippen molar-refractivity contribution in [1.82, 2.24) is 10.2 Å². The Kier molecular flexibility index (Phi) is 5.94. The average molecular weight is 220 g/mol. The van der Waals surface area contributed by atoms with E-state index in [1.807, 2.05) is 6.08 Å². The molecule has 2 heteroatoms. The number of likely N-dealkylation sites (tertiary alicyclic amines) is 1. The minimum Gasteiger partial charge on any atom is -0.384 e. The molecule has 0 radical (unpaired) electrons. The van der Waals surface area contributed by atoms with E-state index in [-0.39, 0.29) is 0 Å². The molecule has 1 fully saturated rings. The average Bonchev–Trinajstić information content (AvgIpc) is 2.75. The van der Waals surface area contributed by atoms with E-state index in [0.717, 1.165) is 18.8 Å². The maximum absolute atomic E-state index is 3.82. The summed E-state index contributed by atoms with van der Waals surface area (Å²) in [5.74, 6) is 0. The van der Waals surface area contributed by atoms with Crippen LogP contribution in [0, 0.1) is 0 Å². The van der Waals surface area contributed by atoms with Crippen LogP contribution in [0.1, 0.15) is 26.7 Å². The van der Waals surface area contributed by atoms with Crippen LogP contribution >= 0.6 is 0 Å². The molecule has 1 N–H and O–H groups in total. The molecule has 0 atom stereocenters. The Balaban J connectivity index is 2.25. The van der Waals surface area contributed by atoms with E-state index in [1.165, 1.54) is 31.5 Å². The van der Waals surface area contributed by atoms with Gasteiger partial charge in [0.15, 0.2) is 0 Å². The lowest BCUT2D eigenvalue weighted by Crippen LogP contribution is -2.29. The third-order valence-corrected chi connectivity index (χ3v) is 2.77. The summed E-state index contributed by atoms with van der Waals surface area (Å²) < 4.78 is 0. The van der Waals surface area contributed by atoms with Gasteiger partial charge in [-0.15, -0.1) is 0 Å². The molecule has 0 spiro atoms. The van der Waals surface area contributed by atoms with Gasteiger partial charge >= 0.3 is 0 Å². The van der Waals surface area contributed by atoms with Crippen molar-refractivity contribution in [1.29, 1.82) is 0 Å². The lowest BCUT2D eigenvalue weighted by Gasteiger charge is -2.15. The summed E-state index contributed by atoms with van der Waals surface area (Å²) in [4.78, 5) is 2.51. The lowest BCUT2D eigenvalue weighted by molar-refractivity contribution is 0.341. The number of nitrogens with one attached hydrogen (secondary N) is 1. The number of hydrogen-bond donors (Lipinski definition) is 1. The summed E-state index contributed by atoms with van der Waals surface area (Å²) in [6.45, 7) is 12.7. The van der Waals surface area contributed by atoms with Gasteiger partial charge in [0.25, 0.3) is 0 Å². The van der Waals surface area contributed by atoms with Crippen molar-refractivity contribution in [3.05, 3.63) is 36.1 Å². The molecule has 1 heterocycles. The minimum absolute atomic E-state index is 1.01. The van der Waals surface area contributed by atoms with E-state index in [1.54, 1.807) is 0 Å². The second kappa shape index (κ2) is 7.29. The molecule has 1 aliphatic rings. The fourth-order valence-electron chi connectivity index (χ4n) is 1.82. The molecule has 1 saturated heterocycles. The second-order valence-electron chi connectivity index (χ2n) is 4.55. The first-order valence-corrected chi connectivity index (χ1v) is 6.16. The van der Waals surface area contributed by atoms with Crippen LogP contribution in [0.2, 0.25) is 0 Å². The third kappa shape index (κ3) is 5.17. The predicted molar refractivity (Wildman–Crippen MR) is 71.4 cm³/mol. The highest BCUT2D eigenvalue weighted by molar-refractivity contribution is 5.22. The Hall–Kier alpha value is -1.02. The molecule has 0 aromatic heterocycles. The van der Waals surface area contributed by atoms with Crippen LogP contribution in [-0.4, -0.2) is 31.1 Å². The lowest BCUT2D eigenvalue weighted by atomic mass is 10.3. The van der Waals surface area contributed by atoms with Gasteiger partial charge in [-0.3, -0.25) is 0 Å². The van der Waals surface area contributed by atoms with Crippen LogP contribution in [0.4, 0.5) is 0 Å². The molecule has 0 aromatic rings. The van der Waals surface area contributed by atoms with Crippen LogP contribution < -0.4 is 5.32 Å². The van der Waals surface area contributed by atoms with Crippen LogP contribution in [0.5, 0.6) is 0 Å². The molecule has 1 aliphatic heterocycles. The largest absolute Gasteiger partial charge is 0.384 e. The Morgan fingerprint density at radius 3 is 2.50 bits per heavy atom. The van der Waals surface area contributed by atoms with Crippen LogP contribution in [0.3, 0.4) is 0 Å². The zero-order valence-electron chi connectivity index (χ0n) is 10.6. The van der Waals surface area contributed by atoms with Gasteiger partial charge in [0, 0.05) is 18.8 Å². The maximum atomic E-state index is 3.82. The van der Waals surface area contributed by atoms with Crippen molar-refractivity contribution >= 4 is 0 Å². The Morgan fingerprint density at radius 1 is 1.25 bits per heavy atom. The van der Waals surface area contributed by atoms with Gasteiger partial charge in [-0.1, -0.05) is 18.2 Å². The molecule has 0 unspecified atom stereocenters. The quantitative estimate of drug-likeness (QED) is 0.692. The summed E-state index contributed by atoms with van der Waals surface area (Å²) in [7, 11) is 0. The number of hydrogen-bond acceptors (Lipinski definition) is 2. The van der Waals surface area contributed by atoms with Crippen LogP contribution in [0.25, 0.3) is 0 Å². The molecule has 1 rings (SSSR count). The minimum atomic E-state index is 1.01. The molecule has 0 saturated carbocycles. The number of rotatable bonds is 6. The normalized spacial score (nSPS) is 17.2. The zero-order valence-corrected chi connectivity index (χ0v) is 10.6. The fourth-order valence-corrected chi connectivity index (χ4v) is 1.82. The van der Waals surface area contributed by atoms with Crippen LogP contribution in [0.15, 0.2) is 36.1 Å². The van der Waals surface area contributed by atoms with Crippen molar-refractivity contribution in [3.63, 3.8) is 0 Å². The topological polar surface area (TPSA) is 15.3 Å². The molecular weight excluding hydrogens is 196 g/mol. The van der Waals surface area contributed by atoms with Crippen molar-refractivity contribution in [2.75, 3.05) is 26.2 Å². The molecular formula is C14H24N2. The van der Waals surface area contributed by atoms with Crippen molar-refractivity contribution in [3.8, 4) is 0 Å². The molecule has 2 nitrogen and oxygen atoms in total. The Bertz CT molecular complexity index is 266. The SMILES string of the molecule is C=C/C(=C\C=C(C)C)NCCN1CCCC1. The van der Waals surface area contributed by atoms with Gasteiger partial charge < -0.3 is 10.2 Å². The number of allylic oxidation sites excluding steroid dienone is 4. The Morgan fingerprint density at radius 2 is 1.94 bits per heavy atom. The first kappa shape index (κ1) is 13.0. The van der Waals surface area contributed by atoms with E-state index in [0.29, 0.717) is 0 Å². The summed E-state index contributed by atoms with van der Waals surface area (Å²) in [5, 5.41) is 3.41. The first-order chi connectivity index (χ1) is 7.72. The monoisotopic (exact) mass is 220 g/mol. The smallest absolute Gasteiger partial charge is 0.0334 e.